The van der Waals surface area contributed by atoms with Crippen LogP contribution in [0.2, 0.25) is 0 Å². The molecule has 0 unspecified atom stereocenters. The van der Waals surface area contributed by atoms with Crippen LogP contribution >= 0.6 is 0 Å². The van der Waals surface area contributed by atoms with Crippen molar-refractivity contribution in [3.63, 3.8) is 0 Å². The van der Waals surface area contributed by atoms with Crippen LogP contribution in [0.25, 0.3) is 0 Å². The fraction of sp³-hybridized carbons (Fsp3) is 0.300. The number of nitrogens with zero attached hydrogens (tertiary/aromatic N) is 1. The number of sulfonamides is 1. The summed E-state index contributed by atoms with van der Waals surface area (Å²) in [5.41, 5.74) is 5.88. The third-order valence-corrected chi connectivity index (χ3v) is 3.54. The smallest absolute Gasteiger partial charge is 0.232 e. The van der Waals surface area contributed by atoms with Crippen LogP contribution in [-0.2, 0) is 10.0 Å². The number of amidine groups is 1. The van der Waals surface area contributed by atoms with Crippen LogP contribution in [0.5, 0.6) is 5.75 Å². The second-order valence-electron chi connectivity index (χ2n) is 3.37. The Hall–Kier alpha value is -1.96. The van der Waals surface area contributed by atoms with Crippen LogP contribution in [0, 0.1) is 0 Å². The second kappa shape index (κ2) is 5.58. The zero-order chi connectivity index (χ0) is 13.8. The Morgan fingerprint density at radius 3 is 2.72 bits per heavy atom. The monoisotopic (exact) mass is 273 g/mol. The highest BCUT2D eigenvalue weighted by atomic mass is 32.2. The van der Waals surface area contributed by atoms with Gasteiger partial charge in [0.2, 0.25) is 10.0 Å². The number of oxime groups is 1. The summed E-state index contributed by atoms with van der Waals surface area (Å²) in [5, 5.41) is 11.5. The predicted octanol–water partition coefficient (Wildman–Crippen LogP) is 0.551. The molecule has 0 radical (unpaired) electrons. The summed E-state index contributed by atoms with van der Waals surface area (Å²) in [6, 6.07) is 4.70. The van der Waals surface area contributed by atoms with Gasteiger partial charge in [0.1, 0.15) is 11.4 Å². The van der Waals surface area contributed by atoms with Crippen LogP contribution in [0.4, 0.5) is 5.69 Å². The predicted molar refractivity (Wildman–Crippen MR) is 68.6 cm³/mol. The molecule has 7 nitrogen and oxygen atoms in total. The summed E-state index contributed by atoms with van der Waals surface area (Å²) in [6.07, 6.45) is 0. The maximum absolute atomic E-state index is 11.6. The van der Waals surface area contributed by atoms with E-state index in [2.05, 4.69) is 9.88 Å². The highest BCUT2D eigenvalue weighted by molar-refractivity contribution is 7.92. The zero-order valence-electron chi connectivity index (χ0n) is 10.0. The third-order valence-electron chi connectivity index (χ3n) is 2.27. The first kappa shape index (κ1) is 14.1. The molecular formula is C10H15N3O4S. The molecule has 18 heavy (non-hydrogen) atoms. The van der Waals surface area contributed by atoms with E-state index in [-0.39, 0.29) is 28.6 Å². The maximum atomic E-state index is 11.6. The molecule has 0 aliphatic heterocycles. The highest BCUT2D eigenvalue weighted by Crippen LogP contribution is 2.29. The van der Waals surface area contributed by atoms with Crippen molar-refractivity contribution in [2.75, 3.05) is 17.6 Å². The first-order chi connectivity index (χ1) is 8.45. The Morgan fingerprint density at radius 1 is 1.56 bits per heavy atom. The van der Waals surface area contributed by atoms with Crippen LogP contribution in [0.15, 0.2) is 23.4 Å². The molecule has 0 spiro atoms. The van der Waals surface area contributed by atoms with E-state index in [4.69, 9.17) is 15.7 Å². The number of hydrogen-bond acceptors (Lipinski definition) is 5. The quantitative estimate of drug-likeness (QED) is 0.314. The molecule has 0 heterocycles. The number of para-hydroxylation sites is 1. The summed E-state index contributed by atoms with van der Waals surface area (Å²) in [6.45, 7) is 1.50. The van der Waals surface area contributed by atoms with E-state index in [1.807, 2.05) is 0 Å². The summed E-state index contributed by atoms with van der Waals surface area (Å²) in [5.74, 6) is -0.0143. The summed E-state index contributed by atoms with van der Waals surface area (Å²) in [7, 11) is -2.09. The SMILES string of the molecule is CCS(=O)(=O)Nc1c(OC)cccc1/C(N)=N/O. The first-order valence-corrected chi connectivity index (χ1v) is 6.75. The Kier molecular flexibility index (Phi) is 4.38. The van der Waals surface area contributed by atoms with Gasteiger partial charge in [0.05, 0.1) is 12.9 Å². The summed E-state index contributed by atoms with van der Waals surface area (Å²) < 4.78 is 30.6. The number of anilines is 1. The van der Waals surface area contributed by atoms with Crippen molar-refractivity contribution in [2.45, 2.75) is 6.92 Å². The van der Waals surface area contributed by atoms with Gasteiger partial charge in [-0.2, -0.15) is 0 Å². The zero-order valence-corrected chi connectivity index (χ0v) is 10.9. The molecule has 0 aliphatic rings. The lowest BCUT2D eigenvalue weighted by Gasteiger charge is -2.14. The van der Waals surface area contributed by atoms with E-state index in [0.29, 0.717) is 0 Å². The van der Waals surface area contributed by atoms with Gasteiger partial charge in [-0.05, 0) is 19.1 Å². The average molecular weight is 273 g/mol. The average Bonchev–Trinajstić information content (AvgIpc) is 2.37. The van der Waals surface area contributed by atoms with Crippen molar-refractivity contribution in [1.82, 2.24) is 0 Å². The van der Waals surface area contributed by atoms with Gasteiger partial charge in [0.15, 0.2) is 5.84 Å². The van der Waals surface area contributed by atoms with Crippen molar-refractivity contribution >= 4 is 21.5 Å². The highest BCUT2D eigenvalue weighted by Gasteiger charge is 2.17. The van der Waals surface area contributed by atoms with Crippen molar-refractivity contribution in [3.05, 3.63) is 23.8 Å². The molecule has 0 fully saturated rings. The molecular weight excluding hydrogens is 258 g/mol. The summed E-state index contributed by atoms with van der Waals surface area (Å²) >= 11 is 0. The van der Waals surface area contributed by atoms with Crippen molar-refractivity contribution in [1.29, 1.82) is 0 Å². The van der Waals surface area contributed by atoms with E-state index >= 15 is 0 Å². The molecule has 1 aromatic carbocycles. The van der Waals surface area contributed by atoms with Gasteiger partial charge in [-0.3, -0.25) is 4.72 Å². The second-order valence-corrected chi connectivity index (χ2v) is 5.38. The van der Waals surface area contributed by atoms with Gasteiger partial charge >= 0.3 is 0 Å². The van der Waals surface area contributed by atoms with Gasteiger partial charge in [-0.15, -0.1) is 0 Å². The van der Waals surface area contributed by atoms with Crippen molar-refractivity contribution in [2.24, 2.45) is 10.9 Å². The number of nitrogens with two attached hydrogens (primary N) is 1. The lowest BCUT2D eigenvalue weighted by atomic mass is 10.1. The van der Waals surface area contributed by atoms with Crippen LogP contribution in [-0.4, -0.2) is 32.3 Å². The minimum absolute atomic E-state index is 0.0966. The van der Waals surface area contributed by atoms with Gasteiger partial charge in [0, 0.05) is 5.56 Å². The number of benzene rings is 1. The van der Waals surface area contributed by atoms with Crippen molar-refractivity contribution in [3.8, 4) is 5.75 Å². The molecule has 0 bridgehead atoms. The largest absolute Gasteiger partial charge is 0.495 e. The molecule has 1 aromatic rings. The van der Waals surface area contributed by atoms with Gasteiger partial charge < -0.3 is 15.7 Å². The topological polar surface area (TPSA) is 114 Å². The Morgan fingerprint density at radius 2 is 2.22 bits per heavy atom. The van der Waals surface area contributed by atoms with Crippen LogP contribution in [0.3, 0.4) is 0 Å². The number of rotatable bonds is 5. The Bertz CT molecular complexity index is 554. The molecule has 0 atom stereocenters. The minimum Gasteiger partial charge on any atom is -0.495 e. The number of nitrogens with one attached hydrogen (secondary N) is 1. The van der Waals surface area contributed by atoms with E-state index in [1.54, 1.807) is 12.1 Å². The standard InChI is InChI=1S/C10H15N3O4S/c1-3-18(15,16)13-9-7(10(11)12-14)5-4-6-8(9)17-2/h4-6,13-14H,3H2,1-2H3,(H2,11,12). The van der Waals surface area contributed by atoms with Gasteiger partial charge in [-0.1, -0.05) is 11.2 Å². The summed E-state index contributed by atoms with van der Waals surface area (Å²) in [4.78, 5) is 0. The Labute approximate surface area is 105 Å². The molecule has 0 aromatic heterocycles. The van der Waals surface area contributed by atoms with Crippen LogP contribution in [0.1, 0.15) is 12.5 Å². The van der Waals surface area contributed by atoms with E-state index < -0.39 is 10.0 Å². The Balaban J connectivity index is 3.38. The third kappa shape index (κ3) is 3.04. The molecule has 0 saturated carbocycles. The van der Waals surface area contributed by atoms with E-state index in [9.17, 15) is 8.42 Å². The van der Waals surface area contributed by atoms with Gasteiger partial charge in [0.25, 0.3) is 0 Å². The maximum Gasteiger partial charge on any atom is 0.232 e. The molecule has 0 amide bonds. The number of hydrogen-bond donors (Lipinski definition) is 3. The molecule has 4 N–H and O–H groups in total. The van der Waals surface area contributed by atoms with Crippen molar-refractivity contribution < 1.29 is 18.4 Å². The molecule has 8 heteroatoms. The van der Waals surface area contributed by atoms with Crippen LogP contribution < -0.4 is 15.2 Å². The number of methoxy groups -OCH3 is 1. The minimum atomic E-state index is -3.49. The number of ether oxygens (including phenoxy) is 1. The molecule has 0 saturated heterocycles. The molecule has 100 valence electrons. The normalized spacial score (nSPS) is 12.2. The fourth-order valence-electron chi connectivity index (χ4n) is 1.30. The molecule has 1 rings (SSSR count). The lowest BCUT2D eigenvalue weighted by molar-refractivity contribution is 0.318. The fourth-order valence-corrected chi connectivity index (χ4v) is 1.97. The van der Waals surface area contributed by atoms with E-state index in [1.165, 1.54) is 20.1 Å². The van der Waals surface area contributed by atoms with E-state index in [0.717, 1.165) is 0 Å². The lowest BCUT2D eigenvalue weighted by Crippen LogP contribution is -2.21. The molecule has 0 aliphatic carbocycles. The van der Waals surface area contributed by atoms with Gasteiger partial charge in [-0.25, -0.2) is 8.42 Å². The first-order valence-electron chi connectivity index (χ1n) is 5.10.